The minimum atomic E-state index is -0.326. The molecule has 0 radical (unpaired) electrons. The summed E-state index contributed by atoms with van der Waals surface area (Å²) in [5.41, 5.74) is 0.845. The van der Waals surface area contributed by atoms with Crippen LogP contribution in [0.25, 0.3) is 0 Å². The molecule has 0 aliphatic carbocycles. The molecule has 1 aliphatic rings. The molecule has 0 aromatic heterocycles. The highest BCUT2D eigenvalue weighted by molar-refractivity contribution is 5.63. The monoisotopic (exact) mass is 250 g/mol. The van der Waals surface area contributed by atoms with E-state index >= 15 is 0 Å². The van der Waals surface area contributed by atoms with Crippen molar-refractivity contribution in [1.29, 1.82) is 0 Å². The van der Waals surface area contributed by atoms with Gasteiger partial charge in [0.15, 0.2) is 0 Å². The summed E-state index contributed by atoms with van der Waals surface area (Å²) < 4.78 is 5.60. The molecule has 1 saturated heterocycles. The molecule has 1 heterocycles. The van der Waals surface area contributed by atoms with Crippen LogP contribution in [0.5, 0.6) is 0 Å². The molecule has 2 rings (SSSR count). The molecule has 1 unspecified atom stereocenters. The van der Waals surface area contributed by atoms with Crippen molar-refractivity contribution < 1.29 is 9.66 Å². The fourth-order valence-electron chi connectivity index (χ4n) is 2.32. The Hall–Kier alpha value is -1.62. The summed E-state index contributed by atoms with van der Waals surface area (Å²) in [5.74, 6) is 0. The normalized spacial score (nSPS) is 18.8. The number of hydrogen-bond donors (Lipinski definition) is 0. The van der Waals surface area contributed by atoms with Gasteiger partial charge in [0, 0.05) is 25.8 Å². The molecule has 1 aromatic rings. The molecule has 0 saturated carbocycles. The maximum Gasteiger partial charge on any atom is 0.292 e. The Balaban J connectivity index is 2.18. The van der Waals surface area contributed by atoms with Crippen molar-refractivity contribution in [3.05, 3.63) is 34.4 Å². The number of nitro groups is 1. The summed E-state index contributed by atoms with van der Waals surface area (Å²) in [5, 5.41) is 11.0. The first-order valence-corrected chi connectivity index (χ1v) is 6.32. The zero-order chi connectivity index (χ0) is 13.0. The molecule has 0 bridgehead atoms. The van der Waals surface area contributed by atoms with Crippen LogP contribution in [-0.2, 0) is 4.74 Å². The third-order valence-corrected chi connectivity index (χ3v) is 3.25. The Labute approximate surface area is 107 Å². The van der Waals surface area contributed by atoms with Crippen LogP contribution in [0.3, 0.4) is 0 Å². The predicted octanol–water partition coefficient (Wildman–Crippen LogP) is 2.60. The van der Waals surface area contributed by atoms with Gasteiger partial charge in [-0.2, -0.15) is 0 Å². The molecule has 1 aromatic carbocycles. The number of likely N-dealkylation sites (N-methyl/N-ethyl adjacent to an activating group) is 1. The third kappa shape index (κ3) is 2.79. The second-order valence-corrected chi connectivity index (χ2v) is 4.42. The number of ether oxygens (including phenoxy) is 1. The van der Waals surface area contributed by atoms with Crippen LogP contribution >= 0.6 is 0 Å². The quantitative estimate of drug-likeness (QED) is 0.595. The summed E-state index contributed by atoms with van der Waals surface area (Å²) in [7, 11) is 0. The molecule has 1 atom stereocenters. The fourth-order valence-corrected chi connectivity index (χ4v) is 2.32. The highest BCUT2D eigenvalue weighted by Gasteiger charge is 2.23. The first kappa shape index (κ1) is 12.8. The lowest BCUT2D eigenvalue weighted by atomic mass is 10.2. The zero-order valence-corrected chi connectivity index (χ0v) is 10.5. The molecular formula is C13H18N2O3. The van der Waals surface area contributed by atoms with Crippen molar-refractivity contribution in [2.45, 2.75) is 25.9 Å². The van der Waals surface area contributed by atoms with Crippen molar-refractivity contribution in [2.24, 2.45) is 0 Å². The maximum absolute atomic E-state index is 11.0. The summed E-state index contributed by atoms with van der Waals surface area (Å²) in [6.07, 6.45) is 2.32. The Morgan fingerprint density at radius 3 is 2.89 bits per heavy atom. The molecule has 1 aliphatic heterocycles. The van der Waals surface area contributed by atoms with Gasteiger partial charge in [-0.25, -0.2) is 0 Å². The van der Waals surface area contributed by atoms with E-state index in [1.807, 2.05) is 17.9 Å². The van der Waals surface area contributed by atoms with E-state index < -0.39 is 0 Å². The van der Waals surface area contributed by atoms with E-state index in [9.17, 15) is 10.1 Å². The smallest absolute Gasteiger partial charge is 0.292 e. The van der Waals surface area contributed by atoms with E-state index in [2.05, 4.69) is 0 Å². The van der Waals surface area contributed by atoms with Gasteiger partial charge in [-0.05, 0) is 25.8 Å². The van der Waals surface area contributed by atoms with E-state index in [4.69, 9.17) is 4.74 Å². The van der Waals surface area contributed by atoms with Crippen LogP contribution in [-0.4, -0.2) is 30.7 Å². The number of benzene rings is 1. The van der Waals surface area contributed by atoms with E-state index in [1.54, 1.807) is 18.2 Å². The van der Waals surface area contributed by atoms with E-state index in [0.29, 0.717) is 5.69 Å². The lowest BCUT2D eigenvalue weighted by Crippen LogP contribution is -2.32. The van der Waals surface area contributed by atoms with Gasteiger partial charge in [0.05, 0.1) is 11.0 Å². The van der Waals surface area contributed by atoms with Crippen LogP contribution in [0.4, 0.5) is 11.4 Å². The third-order valence-electron chi connectivity index (χ3n) is 3.25. The SMILES string of the molecule is CCN(CC1CCCO1)c1ccccc1[N+](=O)[O-]. The molecular weight excluding hydrogens is 232 g/mol. The van der Waals surface area contributed by atoms with Gasteiger partial charge in [-0.1, -0.05) is 12.1 Å². The maximum atomic E-state index is 11.0. The van der Waals surface area contributed by atoms with Crippen LogP contribution in [0.15, 0.2) is 24.3 Å². The van der Waals surface area contributed by atoms with Gasteiger partial charge >= 0.3 is 0 Å². The van der Waals surface area contributed by atoms with Gasteiger partial charge < -0.3 is 9.64 Å². The first-order valence-electron chi connectivity index (χ1n) is 6.32. The van der Waals surface area contributed by atoms with E-state index in [1.165, 1.54) is 0 Å². The number of nitrogens with zero attached hydrogens (tertiary/aromatic N) is 2. The average Bonchev–Trinajstić information content (AvgIpc) is 2.88. The van der Waals surface area contributed by atoms with E-state index in [0.717, 1.165) is 32.5 Å². The minimum Gasteiger partial charge on any atom is -0.376 e. The van der Waals surface area contributed by atoms with Crippen LogP contribution in [0.1, 0.15) is 19.8 Å². The molecule has 5 heteroatoms. The number of para-hydroxylation sites is 2. The zero-order valence-electron chi connectivity index (χ0n) is 10.5. The topological polar surface area (TPSA) is 55.6 Å². The molecule has 0 amide bonds. The number of anilines is 1. The molecule has 1 fully saturated rings. The van der Waals surface area contributed by atoms with Crippen molar-refractivity contribution in [2.75, 3.05) is 24.6 Å². The second kappa shape index (κ2) is 5.82. The lowest BCUT2D eigenvalue weighted by Gasteiger charge is -2.25. The van der Waals surface area contributed by atoms with Crippen molar-refractivity contribution >= 4 is 11.4 Å². The number of nitro benzene ring substituents is 1. The van der Waals surface area contributed by atoms with Crippen molar-refractivity contribution in [3.63, 3.8) is 0 Å². The van der Waals surface area contributed by atoms with Crippen molar-refractivity contribution in [1.82, 2.24) is 0 Å². The Bertz CT molecular complexity index is 416. The largest absolute Gasteiger partial charge is 0.376 e. The molecule has 5 nitrogen and oxygen atoms in total. The number of hydrogen-bond acceptors (Lipinski definition) is 4. The van der Waals surface area contributed by atoms with E-state index in [-0.39, 0.29) is 16.7 Å². The minimum absolute atomic E-state index is 0.164. The van der Waals surface area contributed by atoms with Crippen LogP contribution in [0.2, 0.25) is 0 Å². The molecule has 0 N–H and O–H groups in total. The summed E-state index contributed by atoms with van der Waals surface area (Å²) in [4.78, 5) is 12.7. The highest BCUT2D eigenvalue weighted by Crippen LogP contribution is 2.28. The van der Waals surface area contributed by atoms with Crippen LogP contribution < -0.4 is 4.90 Å². The van der Waals surface area contributed by atoms with Gasteiger partial charge in [-0.15, -0.1) is 0 Å². The molecule has 0 spiro atoms. The standard InChI is InChI=1S/C13H18N2O3/c1-2-14(10-11-6-5-9-18-11)12-7-3-4-8-13(12)15(16)17/h3-4,7-8,11H,2,5-6,9-10H2,1H3. The van der Waals surface area contributed by atoms with Gasteiger partial charge in [0.1, 0.15) is 5.69 Å². The average molecular weight is 250 g/mol. The molecule has 98 valence electrons. The Kier molecular flexibility index (Phi) is 4.15. The molecule has 18 heavy (non-hydrogen) atoms. The highest BCUT2D eigenvalue weighted by atomic mass is 16.6. The van der Waals surface area contributed by atoms with Gasteiger partial charge in [0.25, 0.3) is 5.69 Å². The van der Waals surface area contributed by atoms with Gasteiger partial charge in [0.2, 0.25) is 0 Å². The van der Waals surface area contributed by atoms with Crippen LogP contribution in [0, 0.1) is 10.1 Å². The number of rotatable bonds is 5. The first-order chi connectivity index (χ1) is 8.72. The Morgan fingerprint density at radius 1 is 1.50 bits per heavy atom. The predicted molar refractivity (Wildman–Crippen MR) is 70.0 cm³/mol. The fraction of sp³-hybridized carbons (Fsp3) is 0.538. The lowest BCUT2D eigenvalue weighted by molar-refractivity contribution is -0.384. The summed E-state index contributed by atoms with van der Waals surface area (Å²) >= 11 is 0. The Morgan fingerprint density at radius 2 is 2.28 bits per heavy atom. The van der Waals surface area contributed by atoms with Gasteiger partial charge in [-0.3, -0.25) is 10.1 Å². The second-order valence-electron chi connectivity index (χ2n) is 4.42. The summed E-state index contributed by atoms with van der Waals surface area (Å²) in [6.45, 7) is 4.27. The van der Waals surface area contributed by atoms with Crippen molar-refractivity contribution in [3.8, 4) is 0 Å². The summed E-state index contributed by atoms with van der Waals surface area (Å²) in [6, 6.07) is 6.88.